The van der Waals surface area contributed by atoms with Gasteiger partial charge in [0, 0.05) is 22.4 Å². The lowest BCUT2D eigenvalue weighted by Crippen LogP contribution is -2.10. The number of halogens is 1. The van der Waals surface area contributed by atoms with Crippen LogP contribution in [0.3, 0.4) is 0 Å². The van der Waals surface area contributed by atoms with Gasteiger partial charge in [0.25, 0.3) is 0 Å². The van der Waals surface area contributed by atoms with Crippen molar-refractivity contribution in [1.29, 1.82) is 0 Å². The van der Waals surface area contributed by atoms with Crippen molar-refractivity contribution in [3.8, 4) is 0 Å². The Bertz CT molecular complexity index is 596. The summed E-state index contributed by atoms with van der Waals surface area (Å²) in [4.78, 5) is 4.71. The maximum Gasteiger partial charge on any atom is 0.106 e. The maximum atomic E-state index is 5.91. The average molecular weight is 320 g/mol. The van der Waals surface area contributed by atoms with Crippen LogP contribution in [0.15, 0.2) is 22.7 Å². The first-order valence-electron chi connectivity index (χ1n) is 6.73. The van der Waals surface area contributed by atoms with Gasteiger partial charge in [-0.2, -0.15) is 0 Å². The first-order chi connectivity index (χ1) is 9.13. The molecule has 1 aliphatic carbocycles. The standard InChI is InChI=1S/C15H18BrN3/c1-10-18-14-4-2-3-5-15(14)19(10)9-11-6-12(16)8-13(17)7-11/h6-8H,2-5,9,17H2,1H3. The van der Waals surface area contributed by atoms with Crippen LogP contribution in [-0.4, -0.2) is 9.55 Å². The van der Waals surface area contributed by atoms with Crippen molar-refractivity contribution in [3.63, 3.8) is 0 Å². The number of hydrogen-bond donors (Lipinski definition) is 1. The number of benzene rings is 1. The zero-order valence-electron chi connectivity index (χ0n) is 11.1. The molecule has 2 N–H and O–H groups in total. The van der Waals surface area contributed by atoms with Gasteiger partial charge >= 0.3 is 0 Å². The van der Waals surface area contributed by atoms with Gasteiger partial charge in [0.15, 0.2) is 0 Å². The Labute approximate surface area is 122 Å². The molecular weight excluding hydrogens is 302 g/mol. The maximum absolute atomic E-state index is 5.91. The van der Waals surface area contributed by atoms with E-state index in [4.69, 9.17) is 10.7 Å². The van der Waals surface area contributed by atoms with Crippen LogP contribution in [-0.2, 0) is 19.4 Å². The number of nitrogens with zero attached hydrogens (tertiary/aromatic N) is 2. The number of aromatic nitrogens is 2. The summed E-state index contributed by atoms with van der Waals surface area (Å²) >= 11 is 3.51. The lowest BCUT2D eigenvalue weighted by Gasteiger charge is -2.15. The van der Waals surface area contributed by atoms with E-state index in [1.165, 1.54) is 29.8 Å². The van der Waals surface area contributed by atoms with Gasteiger partial charge in [0.1, 0.15) is 5.82 Å². The van der Waals surface area contributed by atoms with Crippen LogP contribution in [0.2, 0.25) is 0 Å². The van der Waals surface area contributed by atoms with E-state index in [1.807, 2.05) is 12.1 Å². The fourth-order valence-corrected chi connectivity index (χ4v) is 3.45. The molecular formula is C15H18BrN3. The second kappa shape index (κ2) is 5.00. The molecule has 2 aromatic rings. The van der Waals surface area contributed by atoms with Crippen LogP contribution in [0.4, 0.5) is 5.69 Å². The molecule has 1 aromatic carbocycles. The molecule has 0 unspecified atom stereocenters. The highest BCUT2D eigenvalue weighted by molar-refractivity contribution is 9.10. The number of nitrogen functional groups attached to an aromatic ring is 1. The second-order valence-corrected chi connectivity index (χ2v) is 6.15. The highest BCUT2D eigenvalue weighted by atomic mass is 79.9. The largest absolute Gasteiger partial charge is 0.399 e. The molecule has 0 saturated carbocycles. The second-order valence-electron chi connectivity index (χ2n) is 5.24. The molecule has 0 bridgehead atoms. The van der Waals surface area contributed by atoms with Gasteiger partial charge < -0.3 is 10.3 Å². The third kappa shape index (κ3) is 2.54. The van der Waals surface area contributed by atoms with E-state index in [2.05, 4.69) is 33.5 Å². The molecule has 1 aromatic heterocycles. The van der Waals surface area contributed by atoms with Crippen molar-refractivity contribution in [1.82, 2.24) is 9.55 Å². The van der Waals surface area contributed by atoms with Gasteiger partial charge in [-0.25, -0.2) is 4.98 Å². The Morgan fingerprint density at radius 1 is 1.26 bits per heavy atom. The molecule has 0 atom stereocenters. The average Bonchev–Trinajstić information content (AvgIpc) is 2.65. The molecule has 0 fully saturated rings. The normalized spacial score (nSPS) is 14.4. The fraction of sp³-hybridized carbons (Fsp3) is 0.400. The van der Waals surface area contributed by atoms with Gasteiger partial charge in [-0.1, -0.05) is 15.9 Å². The van der Waals surface area contributed by atoms with Crippen molar-refractivity contribution in [2.45, 2.75) is 39.2 Å². The van der Waals surface area contributed by atoms with Crippen LogP contribution >= 0.6 is 15.9 Å². The monoisotopic (exact) mass is 319 g/mol. The Morgan fingerprint density at radius 2 is 2.05 bits per heavy atom. The number of hydrogen-bond acceptors (Lipinski definition) is 2. The number of anilines is 1. The summed E-state index contributed by atoms with van der Waals surface area (Å²) in [6, 6.07) is 6.10. The van der Waals surface area contributed by atoms with Crippen LogP contribution in [0.5, 0.6) is 0 Å². The third-order valence-corrected chi connectivity index (χ3v) is 4.20. The van der Waals surface area contributed by atoms with Crippen molar-refractivity contribution in [2.75, 3.05) is 5.73 Å². The molecule has 3 rings (SSSR count). The summed E-state index contributed by atoms with van der Waals surface area (Å²) < 4.78 is 3.38. The van der Waals surface area contributed by atoms with Crippen molar-refractivity contribution >= 4 is 21.6 Å². The van der Waals surface area contributed by atoms with Gasteiger partial charge in [-0.15, -0.1) is 0 Å². The van der Waals surface area contributed by atoms with Crippen LogP contribution < -0.4 is 5.73 Å². The first-order valence-corrected chi connectivity index (χ1v) is 7.52. The predicted molar refractivity (Wildman–Crippen MR) is 81.3 cm³/mol. The van der Waals surface area contributed by atoms with E-state index in [1.54, 1.807) is 0 Å². The molecule has 4 heteroatoms. The molecule has 0 saturated heterocycles. The topological polar surface area (TPSA) is 43.8 Å². The zero-order valence-corrected chi connectivity index (χ0v) is 12.7. The number of nitrogens with two attached hydrogens (primary N) is 1. The lowest BCUT2D eigenvalue weighted by atomic mass is 10.0. The Morgan fingerprint density at radius 3 is 2.84 bits per heavy atom. The zero-order chi connectivity index (χ0) is 13.4. The summed E-state index contributed by atoms with van der Waals surface area (Å²) in [5, 5.41) is 0. The van der Waals surface area contributed by atoms with E-state index in [9.17, 15) is 0 Å². The fourth-order valence-electron chi connectivity index (χ4n) is 2.89. The van der Waals surface area contributed by atoms with E-state index < -0.39 is 0 Å². The van der Waals surface area contributed by atoms with Crippen LogP contribution in [0.1, 0.15) is 35.6 Å². The van der Waals surface area contributed by atoms with Crippen molar-refractivity contribution < 1.29 is 0 Å². The molecule has 0 amide bonds. The first kappa shape index (κ1) is 12.7. The lowest BCUT2D eigenvalue weighted by molar-refractivity contribution is 0.624. The highest BCUT2D eigenvalue weighted by Crippen LogP contribution is 2.24. The van der Waals surface area contributed by atoms with Crippen LogP contribution in [0.25, 0.3) is 0 Å². The van der Waals surface area contributed by atoms with E-state index in [0.29, 0.717) is 0 Å². The highest BCUT2D eigenvalue weighted by Gasteiger charge is 2.18. The van der Waals surface area contributed by atoms with Gasteiger partial charge in [0.05, 0.1) is 5.69 Å². The SMILES string of the molecule is Cc1nc2c(n1Cc1cc(N)cc(Br)c1)CCCC2. The Kier molecular flexibility index (Phi) is 3.35. The third-order valence-electron chi connectivity index (χ3n) is 3.74. The van der Waals surface area contributed by atoms with E-state index >= 15 is 0 Å². The molecule has 19 heavy (non-hydrogen) atoms. The minimum atomic E-state index is 0.802. The summed E-state index contributed by atoms with van der Waals surface area (Å²) in [6.45, 7) is 2.96. The van der Waals surface area contributed by atoms with E-state index in [0.717, 1.165) is 35.4 Å². The summed E-state index contributed by atoms with van der Waals surface area (Å²) in [5.41, 5.74) is 10.7. The summed E-state index contributed by atoms with van der Waals surface area (Å²) in [7, 11) is 0. The van der Waals surface area contributed by atoms with Gasteiger partial charge in [-0.05, 0) is 56.4 Å². The number of aryl methyl sites for hydroxylation is 2. The molecule has 0 aliphatic heterocycles. The minimum Gasteiger partial charge on any atom is -0.399 e. The predicted octanol–water partition coefficient (Wildman–Crippen LogP) is 3.46. The number of rotatable bonds is 2. The van der Waals surface area contributed by atoms with Gasteiger partial charge in [-0.3, -0.25) is 0 Å². The summed E-state index contributed by atoms with van der Waals surface area (Å²) in [5.74, 6) is 1.12. The molecule has 3 nitrogen and oxygen atoms in total. The van der Waals surface area contributed by atoms with Crippen LogP contribution in [0, 0.1) is 6.92 Å². The quantitative estimate of drug-likeness (QED) is 0.861. The van der Waals surface area contributed by atoms with Gasteiger partial charge in [0.2, 0.25) is 0 Å². The molecule has 0 spiro atoms. The molecule has 1 heterocycles. The smallest absolute Gasteiger partial charge is 0.106 e. The minimum absolute atomic E-state index is 0.802. The Balaban J connectivity index is 1.96. The Hall–Kier alpha value is -1.29. The van der Waals surface area contributed by atoms with Crippen molar-refractivity contribution in [3.05, 3.63) is 45.4 Å². The van der Waals surface area contributed by atoms with Crippen molar-refractivity contribution in [2.24, 2.45) is 0 Å². The van der Waals surface area contributed by atoms with E-state index in [-0.39, 0.29) is 0 Å². The number of fused-ring (bicyclic) bond motifs is 1. The number of imidazole rings is 1. The summed E-state index contributed by atoms with van der Waals surface area (Å²) in [6.07, 6.45) is 4.83. The molecule has 1 aliphatic rings. The molecule has 100 valence electrons. The molecule has 0 radical (unpaired) electrons.